The number of oxazole rings is 1. The van der Waals surface area contributed by atoms with E-state index in [0.717, 1.165) is 16.6 Å². The summed E-state index contributed by atoms with van der Waals surface area (Å²) in [5.74, 6) is -1.18. The number of hydrogen-bond acceptors (Lipinski definition) is 8. The van der Waals surface area contributed by atoms with Gasteiger partial charge >= 0.3 is 5.97 Å². The third kappa shape index (κ3) is 8.19. The Bertz CT molecular complexity index is 1830. The average Bonchev–Trinajstić information content (AvgIpc) is 3.44. The lowest BCUT2D eigenvalue weighted by atomic mass is 10.1. The number of aliphatic carboxylic acids is 1. The molecule has 0 bridgehead atoms. The molecule has 226 valence electrons. The van der Waals surface area contributed by atoms with E-state index in [1.165, 1.54) is 23.9 Å². The molecule has 9 nitrogen and oxygen atoms in total. The molecular formula is C32H27ClN2O7S2. The molecule has 5 aromatic rings. The van der Waals surface area contributed by atoms with Crippen molar-refractivity contribution in [2.75, 3.05) is 5.75 Å². The van der Waals surface area contributed by atoms with Gasteiger partial charge in [-0.25, -0.2) is 18.2 Å². The summed E-state index contributed by atoms with van der Waals surface area (Å²) in [5.41, 5.74) is 3.56. The molecule has 0 radical (unpaired) electrons. The van der Waals surface area contributed by atoms with E-state index in [1.807, 2.05) is 24.3 Å². The zero-order valence-electron chi connectivity index (χ0n) is 23.2. The Morgan fingerprint density at radius 3 is 2.30 bits per heavy atom. The molecule has 12 heteroatoms. The van der Waals surface area contributed by atoms with Crippen LogP contribution in [0.4, 0.5) is 0 Å². The number of amides is 1. The molecule has 1 heterocycles. The number of para-hydroxylation sites is 2. The first-order chi connectivity index (χ1) is 21.2. The fraction of sp³-hybridized carbons (Fsp3) is 0.156. The number of carboxylic acids is 1. The summed E-state index contributed by atoms with van der Waals surface area (Å²) in [4.78, 5) is 29.3. The molecule has 1 aromatic heterocycles. The van der Waals surface area contributed by atoms with Crippen LogP contribution in [-0.2, 0) is 26.8 Å². The Morgan fingerprint density at radius 2 is 1.61 bits per heavy atom. The summed E-state index contributed by atoms with van der Waals surface area (Å²) in [6.45, 7) is 0. The number of thioether (sulfide) groups is 1. The number of carbonyl (C=O) groups excluding carboxylic acids is 1. The molecule has 0 aliphatic heterocycles. The van der Waals surface area contributed by atoms with Gasteiger partial charge in [-0.15, -0.1) is 0 Å². The number of nitrogens with one attached hydrogen (secondary N) is 1. The highest BCUT2D eigenvalue weighted by molar-refractivity contribution is 7.98. The second-order valence-electron chi connectivity index (χ2n) is 9.76. The smallest absolute Gasteiger partial charge is 0.366 e. The fourth-order valence-electron chi connectivity index (χ4n) is 4.25. The summed E-state index contributed by atoms with van der Waals surface area (Å²) in [5, 5.41) is 13.0. The summed E-state index contributed by atoms with van der Waals surface area (Å²) in [6, 6.07) is 26.9. The van der Waals surface area contributed by atoms with Crippen LogP contribution in [-0.4, -0.2) is 42.4 Å². The van der Waals surface area contributed by atoms with Gasteiger partial charge in [-0.05, 0) is 84.6 Å². The minimum absolute atomic E-state index is 0.0294. The number of rotatable bonds is 13. The van der Waals surface area contributed by atoms with E-state index in [2.05, 4.69) is 10.3 Å². The van der Waals surface area contributed by atoms with Crippen LogP contribution < -0.4 is 10.1 Å². The van der Waals surface area contributed by atoms with Gasteiger partial charge < -0.3 is 19.6 Å². The highest BCUT2D eigenvalue weighted by atomic mass is 35.5. The predicted molar refractivity (Wildman–Crippen MR) is 168 cm³/mol. The Labute approximate surface area is 263 Å². The highest BCUT2D eigenvalue weighted by Gasteiger charge is 2.23. The maximum Gasteiger partial charge on any atom is 0.366 e. The van der Waals surface area contributed by atoms with E-state index in [-0.39, 0.29) is 22.0 Å². The van der Waals surface area contributed by atoms with Gasteiger partial charge in [-0.3, -0.25) is 4.79 Å². The minimum atomic E-state index is -3.43. The number of aromatic nitrogens is 1. The SMILES string of the molecule is O=C(NC(Oc1ccc(CCCS(=O)(=O)c2ccc(Cl)cc2)cc1)C(=O)O)c1ccc(CSc2nc3ccccc3o2)cc1. The summed E-state index contributed by atoms with van der Waals surface area (Å²) < 4.78 is 36.3. The number of nitrogens with zero attached hydrogens (tertiary/aromatic N) is 1. The number of hydrogen-bond donors (Lipinski definition) is 2. The molecule has 0 saturated heterocycles. The first-order valence-electron chi connectivity index (χ1n) is 13.5. The zero-order valence-corrected chi connectivity index (χ0v) is 25.6. The van der Waals surface area contributed by atoms with Crippen LogP contribution >= 0.6 is 23.4 Å². The second-order valence-corrected chi connectivity index (χ2v) is 13.2. The van der Waals surface area contributed by atoms with Crippen molar-refractivity contribution in [3.63, 3.8) is 0 Å². The number of benzene rings is 4. The molecule has 0 aliphatic rings. The van der Waals surface area contributed by atoms with Crippen molar-refractivity contribution in [3.8, 4) is 5.75 Å². The lowest BCUT2D eigenvalue weighted by molar-refractivity contribution is -0.146. The van der Waals surface area contributed by atoms with E-state index in [9.17, 15) is 23.1 Å². The van der Waals surface area contributed by atoms with E-state index in [4.69, 9.17) is 20.8 Å². The molecule has 44 heavy (non-hydrogen) atoms. The molecule has 2 N–H and O–H groups in total. The quantitative estimate of drug-likeness (QED) is 0.110. The van der Waals surface area contributed by atoms with Gasteiger partial charge in [0.05, 0.1) is 10.6 Å². The molecule has 0 spiro atoms. The maximum absolute atomic E-state index is 12.8. The molecule has 4 aromatic carbocycles. The van der Waals surface area contributed by atoms with Gasteiger partial charge in [0, 0.05) is 16.3 Å². The van der Waals surface area contributed by atoms with E-state index >= 15 is 0 Å². The van der Waals surface area contributed by atoms with Gasteiger partial charge in [0.15, 0.2) is 15.4 Å². The number of aryl methyl sites for hydroxylation is 1. The molecule has 1 amide bonds. The third-order valence-electron chi connectivity index (χ3n) is 6.57. The Balaban J connectivity index is 1.11. The van der Waals surface area contributed by atoms with E-state index in [1.54, 1.807) is 60.7 Å². The summed E-state index contributed by atoms with van der Waals surface area (Å²) in [6.07, 6.45) is -0.727. The molecule has 0 saturated carbocycles. The van der Waals surface area contributed by atoms with Gasteiger partial charge in [0.2, 0.25) is 0 Å². The lowest BCUT2D eigenvalue weighted by Crippen LogP contribution is -2.44. The van der Waals surface area contributed by atoms with Crippen molar-refractivity contribution in [1.82, 2.24) is 10.3 Å². The predicted octanol–water partition coefficient (Wildman–Crippen LogP) is 6.40. The number of ether oxygens (including phenoxy) is 1. The van der Waals surface area contributed by atoms with Crippen LogP contribution in [0.5, 0.6) is 5.75 Å². The van der Waals surface area contributed by atoms with Crippen LogP contribution in [0.1, 0.15) is 27.9 Å². The van der Waals surface area contributed by atoms with Gasteiger partial charge in [0.25, 0.3) is 17.4 Å². The van der Waals surface area contributed by atoms with Crippen molar-refractivity contribution in [1.29, 1.82) is 0 Å². The fourth-order valence-corrected chi connectivity index (χ4v) is 6.48. The van der Waals surface area contributed by atoms with Gasteiger partial charge in [-0.1, -0.05) is 59.8 Å². The van der Waals surface area contributed by atoms with Crippen LogP contribution in [0, 0.1) is 0 Å². The van der Waals surface area contributed by atoms with Crippen molar-refractivity contribution < 1.29 is 32.3 Å². The van der Waals surface area contributed by atoms with E-state index < -0.39 is 27.9 Å². The first-order valence-corrected chi connectivity index (χ1v) is 16.5. The number of carboxylic acid groups (broad SMARTS) is 1. The number of halogens is 1. The average molecular weight is 651 g/mol. The zero-order chi connectivity index (χ0) is 31.1. The van der Waals surface area contributed by atoms with Crippen molar-refractivity contribution >= 4 is 56.2 Å². The molecule has 0 fully saturated rings. The Hall–Kier alpha value is -4.32. The lowest BCUT2D eigenvalue weighted by Gasteiger charge is -2.17. The van der Waals surface area contributed by atoms with Crippen molar-refractivity contribution in [2.45, 2.75) is 34.9 Å². The second kappa shape index (κ2) is 14.0. The number of fused-ring (bicyclic) bond motifs is 1. The van der Waals surface area contributed by atoms with Crippen LogP contribution in [0.15, 0.2) is 112 Å². The molecule has 1 unspecified atom stereocenters. The Morgan fingerprint density at radius 1 is 0.932 bits per heavy atom. The standard InChI is InChI=1S/C32H27ClN2O7S2/c33-24-13-17-26(18-14-24)44(39,40)19-3-4-21-9-15-25(16-10-21)41-30(31(37)38)35-29(36)23-11-7-22(8-12-23)20-43-32-34-27-5-1-2-6-28(27)42-32/h1-2,5-18,30H,3-4,19-20H2,(H,35,36)(H,37,38). The topological polar surface area (TPSA) is 136 Å². The van der Waals surface area contributed by atoms with Crippen molar-refractivity contribution in [2.24, 2.45) is 0 Å². The largest absolute Gasteiger partial charge is 0.477 e. The number of sulfone groups is 1. The van der Waals surface area contributed by atoms with Gasteiger partial charge in [0.1, 0.15) is 11.3 Å². The molecule has 0 aliphatic carbocycles. The summed E-state index contributed by atoms with van der Waals surface area (Å²) >= 11 is 7.27. The highest BCUT2D eigenvalue weighted by Crippen LogP contribution is 2.26. The Kier molecular flexibility index (Phi) is 9.89. The third-order valence-corrected chi connectivity index (χ3v) is 9.54. The first kappa shape index (κ1) is 31.1. The van der Waals surface area contributed by atoms with Crippen LogP contribution in [0.25, 0.3) is 11.1 Å². The van der Waals surface area contributed by atoms with Crippen LogP contribution in [0.2, 0.25) is 5.02 Å². The maximum atomic E-state index is 12.8. The molecular weight excluding hydrogens is 624 g/mol. The van der Waals surface area contributed by atoms with Crippen LogP contribution in [0.3, 0.4) is 0 Å². The number of carbonyl (C=O) groups is 2. The van der Waals surface area contributed by atoms with Crippen molar-refractivity contribution in [3.05, 3.63) is 119 Å². The monoisotopic (exact) mass is 650 g/mol. The van der Waals surface area contributed by atoms with E-state index in [0.29, 0.717) is 34.4 Å². The normalized spacial score (nSPS) is 12.1. The minimum Gasteiger partial charge on any atom is -0.477 e. The summed E-state index contributed by atoms with van der Waals surface area (Å²) in [7, 11) is -3.43. The molecule has 1 atom stereocenters. The molecule has 5 rings (SSSR count). The van der Waals surface area contributed by atoms with Gasteiger partial charge in [-0.2, -0.15) is 0 Å².